The number of carbonyl (C=O) groups is 1. The maximum Gasteiger partial charge on any atom is 0.327 e. The maximum atomic E-state index is 12.3. The van der Waals surface area contributed by atoms with E-state index in [1.54, 1.807) is 0 Å². The third kappa shape index (κ3) is 3.11. The van der Waals surface area contributed by atoms with Gasteiger partial charge in [0.1, 0.15) is 5.54 Å². The molecule has 108 valence electrons. The molecule has 4 nitrogen and oxygen atoms in total. The molecule has 0 saturated heterocycles. The van der Waals surface area contributed by atoms with Gasteiger partial charge in [-0.1, -0.05) is 0 Å². The molecule has 0 bridgehead atoms. The molecule has 1 unspecified atom stereocenters. The van der Waals surface area contributed by atoms with Gasteiger partial charge in [-0.3, -0.25) is 4.90 Å². The fraction of sp³-hybridized carbons (Fsp3) is 0.933. The number of esters is 1. The summed E-state index contributed by atoms with van der Waals surface area (Å²) in [5, 5.41) is 0. The highest BCUT2D eigenvalue weighted by Gasteiger charge is 2.51. The Morgan fingerprint density at radius 1 is 1.26 bits per heavy atom. The first-order chi connectivity index (χ1) is 9.13. The van der Waals surface area contributed by atoms with E-state index in [2.05, 4.69) is 4.90 Å². The van der Waals surface area contributed by atoms with Crippen LogP contribution in [-0.2, 0) is 9.53 Å². The number of ether oxygens (including phenoxy) is 1. The lowest BCUT2D eigenvalue weighted by Gasteiger charge is -2.34. The SMILES string of the molecule is CCOC(=O)C(N)(CN(CC1CC1)C1CC1)C1CC1. The summed E-state index contributed by atoms with van der Waals surface area (Å²) in [6, 6.07) is 0.678. The second-order valence-electron chi connectivity index (χ2n) is 6.64. The average Bonchev–Trinajstić information content (AvgIpc) is 3.25. The van der Waals surface area contributed by atoms with Crippen molar-refractivity contribution >= 4 is 5.97 Å². The normalized spacial score (nSPS) is 26.3. The van der Waals surface area contributed by atoms with Gasteiger partial charge in [-0.15, -0.1) is 0 Å². The highest BCUT2D eigenvalue weighted by molar-refractivity contribution is 5.82. The fourth-order valence-corrected chi connectivity index (χ4v) is 2.97. The van der Waals surface area contributed by atoms with Crippen molar-refractivity contribution in [1.29, 1.82) is 0 Å². The fourth-order valence-electron chi connectivity index (χ4n) is 2.97. The summed E-state index contributed by atoms with van der Waals surface area (Å²) in [5.74, 6) is 1.01. The van der Waals surface area contributed by atoms with E-state index in [0.717, 1.165) is 25.3 Å². The monoisotopic (exact) mass is 266 g/mol. The lowest BCUT2D eigenvalue weighted by atomic mass is 9.93. The van der Waals surface area contributed by atoms with E-state index in [1.165, 1.54) is 25.7 Å². The summed E-state index contributed by atoms with van der Waals surface area (Å²) in [6.45, 7) is 4.12. The van der Waals surface area contributed by atoms with Crippen LogP contribution in [0.15, 0.2) is 0 Å². The third-order valence-electron chi connectivity index (χ3n) is 4.68. The molecule has 3 saturated carbocycles. The number of hydrogen-bond donors (Lipinski definition) is 1. The first kappa shape index (κ1) is 13.4. The van der Waals surface area contributed by atoms with Crippen molar-refractivity contribution in [2.45, 2.75) is 57.0 Å². The Morgan fingerprint density at radius 3 is 2.42 bits per heavy atom. The van der Waals surface area contributed by atoms with Crippen LogP contribution >= 0.6 is 0 Å². The number of rotatable bonds is 8. The molecule has 3 rings (SSSR count). The van der Waals surface area contributed by atoms with Crippen molar-refractivity contribution in [3.8, 4) is 0 Å². The topological polar surface area (TPSA) is 55.6 Å². The average molecular weight is 266 g/mol. The van der Waals surface area contributed by atoms with E-state index in [-0.39, 0.29) is 5.97 Å². The van der Waals surface area contributed by atoms with Crippen LogP contribution in [0.5, 0.6) is 0 Å². The van der Waals surface area contributed by atoms with Gasteiger partial charge in [0.25, 0.3) is 0 Å². The minimum Gasteiger partial charge on any atom is -0.465 e. The van der Waals surface area contributed by atoms with E-state index >= 15 is 0 Å². The Hall–Kier alpha value is -0.610. The molecule has 19 heavy (non-hydrogen) atoms. The predicted molar refractivity (Wildman–Crippen MR) is 73.6 cm³/mol. The number of carbonyl (C=O) groups excluding carboxylic acids is 1. The van der Waals surface area contributed by atoms with Gasteiger partial charge in [-0.05, 0) is 57.3 Å². The van der Waals surface area contributed by atoms with Crippen LogP contribution in [0.2, 0.25) is 0 Å². The summed E-state index contributed by atoms with van der Waals surface area (Å²) >= 11 is 0. The molecule has 0 aliphatic heterocycles. The van der Waals surface area contributed by atoms with Gasteiger partial charge >= 0.3 is 5.97 Å². The minimum absolute atomic E-state index is 0.182. The van der Waals surface area contributed by atoms with Gasteiger partial charge in [0.15, 0.2) is 0 Å². The summed E-state index contributed by atoms with van der Waals surface area (Å²) in [6.07, 6.45) is 7.41. The quantitative estimate of drug-likeness (QED) is 0.677. The van der Waals surface area contributed by atoms with Crippen molar-refractivity contribution in [1.82, 2.24) is 4.90 Å². The van der Waals surface area contributed by atoms with E-state index in [9.17, 15) is 4.79 Å². The van der Waals surface area contributed by atoms with Gasteiger partial charge in [-0.2, -0.15) is 0 Å². The van der Waals surface area contributed by atoms with Gasteiger partial charge in [-0.25, -0.2) is 4.79 Å². The molecule has 0 aromatic rings. The van der Waals surface area contributed by atoms with Crippen LogP contribution in [-0.4, -0.2) is 42.1 Å². The Balaban J connectivity index is 1.66. The molecule has 0 heterocycles. The summed E-state index contributed by atoms with van der Waals surface area (Å²) in [7, 11) is 0. The van der Waals surface area contributed by atoms with Crippen molar-refractivity contribution in [2.75, 3.05) is 19.7 Å². The third-order valence-corrected chi connectivity index (χ3v) is 4.68. The molecular formula is C15H26N2O2. The molecular weight excluding hydrogens is 240 g/mol. The number of nitrogens with zero attached hydrogens (tertiary/aromatic N) is 1. The molecule has 0 aromatic carbocycles. The number of nitrogens with two attached hydrogens (primary N) is 1. The second kappa shape index (κ2) is 5.06. The van der Waals surface area contributed by atoms with Crippen LogP contribution in [0.3, 0.4) is 0 Å². The molecule has 3 aliphatic rings. The zero-order valence-electron chi connectivity index (χ0n) is 11.9. The molecule has 0 spiro atoms. The highest BCUT2D eigenvalue weighted by atomic mass is 16.5. The first-order valence-corrected chi connectivity index (χ1v) is 7.83. The first-order valence-electron chi connectivity index (χ1n) is 7.83. The van der Waals surface area contributed by atoms with E-state index in [4.69, 9.17) is 10.5 Å². The highest BCUT2D eigenvalue weighted by Crippen LogP contribution is 2.42. The molecule has 0 aromatic heterocycles. The van der Waals surface area contributed by atoms with Gasteiger partial charge in [0.2, 0.25) is 0 Å². The van der Waals surface area contributed by atoms with E-state index in [1.807, 2.05) is 6.92 Å². The molecule has 0 radical (unpaired) electrons. The smallest absolute Gasteiger partial charge is 0.327 e. The maximum absolute atomic E-state index is 12.3. The van der Waals surface area contributed by atoms with Crippen molar-refractivity contribution in [2.24, 2.45) is 17.6 Å². The Bertz CT molecular complexity index is 348. The standard InChI is InChI=1S/C15H26N2O2/c1-2-19-14(18)15(16,12-5-6-12)10-17(13-7-8-13)9-11-3-4-11/h11-13H,2-10,16H2,1H3. The van der Waals surface area contributed by atoms with Crippen LogP contribution in [0.1, 0.15) is 45.4 Å². The van der Waals surface area contributed by atoms with Crippen molar-refractivity contribution < 1.29 is 9.53 Å². The largest absolute Gasteiger partial charge is 0.465 e. The van der Waals surface area contributed by atoms with Crippen LogP contribution in [0.4, 0.5) is 0 Å². The Morgan fingerprint density at radius 2 is 1.95 bits per heavy atom. The second-order valence-corrected chi connectivity index (χ2v) is 6.64. The summed E-state index contributed by atoms with van der Waals surface area (Å²) < 4.78 is 5.24. The van der Waals surface area contributed by atoms with Crippen molar-refractivity contribution in [3.63, 3.8) is 0 Å². The molecule has 1 atom stereocenters. The van der Waals surface area contributed by atoms with Gasteiger partial charge in [0, 0.05) is 19.1 Å². The van der Waals surface area contributed by atoms with Crippen LogP contribution in [0, 0.1) is 11.8 Å². The van der Waals surface area contributed by atoms with Crippen LogP contribution in [0.25, 0.3) is 0 Å². The summed E-state index contributed by atoms with van der Waals surface area (Å²) in [5.41, 5.74) is 5.72. The Labute approximate surface area is 115 Å². The summed E-state index contributed by atoms with van der Waals surface area (Å²) in [4.78, 5) is 14.7. The van der Waals surface area contributed by atoms with Gasteiger partial charge < -0.3 is 10.5 Å². The minimum atomic E-state index is -0.756. The molecule has 4 heteroatoms. The lowest BCUT2D eigenvalue weighted by molar-refractivity contribution is -0.151. The zero-order chi connectivity index (χ0) is 13.5. The van der Waals surface area contributed by atoms with Crippen molar-refractivity contribution in [3.05, 3.63) is 0 Å². The number of hydrogen-bond acceptors (Lipinski definition) is 4. The molecule has 3 fully saturated rings. The van der Waals surface area contributed by atoms with E-state index in [0.29, 0.717) is 25.1 Å². The van der Waals surface area contributed by atoms with Gasteiger partial charge in [0.05, 0.1) is 6.61 Å². The molecule has 0 amide bonds. The molecule has 2 N–H and O–H groups in total. The lowest BCUT2D eigenvalue weighted by Crippen LogP contribution is -2.59. The van der Waals surface area contributed by atoms with E-state index < -0.39 is 5.54 Å². The molecule has 3 aliphatic carbocycles. The Kier molecular flexibility index (Phi) is 3.56. The predicted octanol–water partition coefficient (Wildman–Crippen LogP) is 1.53. The van der Waals surface area contributed by atoms with Crippen LogP contribution < -0.4 is 5.73 Å². The zero-order valence-corrected chi connectivity index (χ0v) is 11.9.